The zero-order chi connectivity index (χ0) is 10.7. The van der Waals surface area contributed by atoms with E-state index in [-0.39, 0.29) is 6.42 Å². The van der Waals surface area contributed by atoms with Gasteiger partial charge in [-0.3, -0.25) is 0 Å². The molecule has 78 valence electrons. The average Bonchev–Trinajstić information content (AvgIpc) is 2.01. The van der Waals surface area contributed by atoms with Gasteiger partial charge in [-0.2, -0.15) is 0 Å². The topological polar surface area (TPSA) is 26.0 Å². The van der Waals surface area contributed by atoms with Crippen LogP contribution in [0.4, 0.5) is 8.78 Å². The van der Waals surface area contributed by atoms with Crippen molar-refractivity contribution in [3.63, 3.8) is 0 Å². The molecule has 1 aromatic carbocycles. The van der Waals surface area contributed by atoms with E-state index in [4.69, 9.17) is 17.3 Å². The summed E-state index contributed by atoms with van der Waals surface area (Å²) in [5.41, 5.74) is 7.11. The van der Waals surface area contributed by atoms with E-state index in [1.165, 1.54) is 0 Å². The van der Waals surface area contributed by atoms with Crippen LogP contribution in [0.1, 0.15) is 23.6 Å². The van der Waals surface area contributed by atoms with Gasteiger partial charge in [0.1, 0.15) is 0 Å². The lowest BCUT2D eigenvalue weighted by Crippen LogP contribution is -2.15. The van der Waals surface area contributed by atoms with Crippen molar-refractivity contribution in [2.24, 2.45) is 5.73 Å². The van der Waals surface area contributed by atoms with Crippen molar-refractivity contribution in [2.45, 2.75) is 25.8 Å². The van der Waals surface area contributed by atoms with Crippen LogP contribution >= 0.6 is 11.6 Å². The Balaban J connectivity index is 2.94. The van der Waals surface area contributed by atoms with E-state index in [1.54, 1.807) is 12.1 Å². The molecule has 1 atom stereocenters. The van der Waals surface area contributed by atoms with Gasteiger partial charge >= 0.3 is 0 Å². The molecule has 0 aromatic heterocycles. The lowest BCUT2D eigenvalue weighted by molar-refractivity contribution is 0.128. The largest absolute Gasteiger partial charge is 0.324 e. The van der Waals surface area contributed by atoms with Gasteiger partial charge in [-0.15, -0.1) is 0 Å². The molecular weight excluding hydrogens is 208 g/mol. The highest BCUT2D eigenvalue weighted by Crippen LogP contribution is 2.28. The fourth-order valence-corrected chi connectivity index (χ4v) is 1.79. The number of benzene rings is 1. The maximum Gasteiger partial charge on any atom is 0.240 e. The molecule has 0 aliphatic carbocycles. The standard InChI is InChI=1S/C10H12ClF2N/c1-6-3-2-4-7(11)10(6)8(14)5-9(12)13/h2-4,8-9H,5,14H2,1H3/t8-/m1/s1. The SMILES string of the molecule is Cc1cccc(Cl)c1[C@H](N)CC(F)F. The van der Waals surface area contributed by atoms with Gasteiger partial charge in [0.25, 0.3) is 0 Å². The molecule has 0 saturated heterocycles. The second-order valence-corrected chi connectivity index (χ2v) is 3.61. The molecule has 0 aliphatic heterocycles. The number of hydrogen-bond donors (Lipinski definition) is 1. The van der Waals surface area contributed by atoms with E-state index in [0.717, 1.165) is 5.56 Å². The quantitative estimate of drug-likeness (QED) is 0.830. The molecular formula is C10H12ClF2N. The van der Waals surface area contributed by atoms with Crippen molar-refractivity contribution < 1.29 is 8.78 Å². The van der Waals surface area contributed by atoms with E-state index in [1.807, 2.05) is 13.0 Å². The monoisotopic (exact) mass is 219 g/mol. The molecule has 0 heterocycles. The second kappa shape index (κ2) is 4.71. The highest BCUT2D eigenvalue weighted by molar-refractivity contribution is 6.31. The number of aryl methyl sites for hydroxylation is 1. The smallest absolute Gasteiger partial charge is 0.240 e. The fourth-order valence-electron chi connectivity index (χ4n) is 1.42. The van der Waals surface area contributed by atoms with Crippen molar-refractivity contribution >= 4 is 11.6 Å². The summed E-state index contributed by atoms with van der Waals surface area (Å²) in [5, 5.41) is 0.457. The summed E-state index contributed by atoms with van der Waals surface area (Å²) < 4.78 is 24.2. The van der Waals surface area contributed by atoms with Gasteiger partial charge in [0.15, 0.2) is 0 Å². The van der Waals surface area contributed by atoms with E-state index >= 15 is 0 Å². The summed E-state index contributed by atoms with van der Waals surface area (Å²) in [6.45, 7) is 1.81. The van der Waals surface area contributed by atoms with Gasteiger partial charge in [-0.05, 0) is 24.1 Å². The molecule has 0 spiro atoms. The van der Waals surface area contributed by atoms with Gasteiger partial charge in [-0.25, -0.2) is 8.78 Å². The first kappa shape index (κ1) is 11.4. The summed E-state index contributed by atoms with van der Waals surface area (Å²) in [7, 11) is 0. The normalized spacial score (nSPS) is 13.3. The van der Waals surface area contributed by atoms with Crippen LogP contribution < -0.4 is 5.73 Å². The molecule has 0 unspecified atom stereocenters. The first-order valence-electron chi connectivity index (χ1n) is 4.31. The van der Waals surface area contributed by atoms with Crippen LogP contribution in [0.25, 0.3) is 0 Å². The molecule has 0 fully saturated rings. The predicted molar refractivity (Wildman–Crippen MR) is 53.7 cm³/mol. The summed E-state index contributed by atoms with van der Waals surface area (Å²) in [5.74, 6) is 0. The van der Waals surface area contributed by atoms with Gasteiger partial charge in [-0.1, -0.05) is 23.7 Å². The maximum atomic E-state index is 12.1. The van der Waals surface area contributed by atoms with Gasteiger partial charge in [0.05, 0.1) is 0 Å². The molecule has 0 aliphatic rings. The predicted octanol–water partition coefficient (Wildman–Crippen LogP) is 3.30. The van der Waals surface area contributed by atoms with Crippen LogP contribution in [-0.4, -0.2) is 6.43 Å². The van der Waals surface area contributed by atoms with E-state index in [9.17, 15) is 8.78 Å². The highest BCUT2D eigenvalue weighted by atomic mass is 35.5. The van der Waals surface area contributed by atoms with Crippen LogP contribution in [0.3, 0.4) is 0 Å². The van der Waals surface area contributed by atoms with Gasteiger partial charge in [0, 0.05) is 17.5 Å². The summed E-state index contributed by atoms with van der Waals surface area (Å²) >= 11 is 5.88. The van der Waals surface area contributed by atoms with Crippen molar-refractivity contribution in [3.8, 4) is 0 Å². The molecule has 1 aromatic rings. The number of hydrogen-bond acceptors (Lipinski definition) is 1. The van der Waals surface area contributed by atoms with Gasteiger partial charge in [0.2, 0.25) is 6.43 Å². The number of alkyl halides is 2. The zero-order valence-electron chi connectivity index (χ0n) is 7.81. The minimum absolute atomic E-state index is 0.357. The third-order valence-electron chi connectivity index (χ3n) is 2.07. The van der Waals surface area contributed by atoms with E-state index in [2.05, 4.69) is 0 Å². The Morgan fingerprint density at radius 2 is 2.07 bits per heavy atom. The van der Waals surface area contributed by atoms with Crippen LogP contribution in [-0.2, 0) is 0 Å². The molecule has 4 heteroatoms. The van der Waals surface area contributed by atoms with Crippen molar-refractivity contribution in [1.29, 1.82) is 0 Å². The Morgan fingerprint density at radius 3 is 2.57 bits per heavy atom. The van der Waals surface area contributed by atoms with Crippen LogP contribution in [0, 0.1) is 6.92 Å². The average molecular weight is 220 g/mol. The van der Waals surface area contributed by atoms with Crippen LogP contribution in [0.5, 0.6) is 0 Å². The van der Waals surface area contributed by atoms with Gasteiger partial charge < -0.3 is 5.73 Å². The summed E-state index contributed by atoms with van der Waals surface area (Å²) in [6, 6.07) is 4.56. The lowest BCUT2D eigenvalue weighted by Gasteiger charge is -2.15. The molecule has 0 radical (unpaired) electrons. The minimum atomic E-state index is -2.40. The molecule has 2 N–H and O–H groups in total. The summed E-state index contributed by atoms with van der Waals surface area (Å²) in [4.78, 5) is 0. The van der Waals surface area contributed by atoms with Crippen LogP contribution in [0.2, 0.25) is 5.02 Å². The Morgan fingerprint density at radius 1 is 1.43 bits per heavy atom. The molecule has 14 heavy (non-hydrogen) atoms. The molecule has 1 nitrogen and oxygen atoms in total. The Bertz CT molecular complexity index is 295. The zero-order valence-corrected chi connectivity index (χ0v) is 8.56. The first-order valence-corrected chi connectivity index (χ1v) is 4.69. The molecule has 0 bridgehead atoms. The molecule has 1 rings (SSSR count). The van der Waals surface area contributed by atoms with E-state index in [0.29, 0.717) is 10.6 Å². The number of halogens is 3. The highest BCUT2D eigenvalue weighted by Gasteiger charge is 2.17. The molecule has 0 amide bonds. The first-order chi connectivity index (χ1) is 6.52. The van der Waals surface area contributed by atoms with Crippen LogP contribution in [0.15, 0.2) is 18.2 Å². The number of nitrogens with two attached hydrogens (primary N) is 1. The van der Waals surface area contributed by atoms with E-state index < -0.39 is 12.5 Å². The number of rotatable bonds is 3. The second-order valence-electron chi connectivity index (χ2n) is 3.20. The third kappa shape index (κ3) is 2.66. The summed E-state index contributed by atoms with van der Waals surface area (Å²) in [6.07, 6.45) is -2.76. The molecule has 0 saturated carbocycles. The minimum Gasteiger partial charge on any atom is -0.324 e. The Kier molecular flexibility index (Phi) is 3.84. The lowest BCUT2D eigenvalue weighted by atomic mass is 10.00. The van der Waals surface area contributed by atoms with Crippen molar-refractivity contribution in [1.82, 2.24) is 0 Å². The Labute approximate surface area is 86.9 Å². The maximum absolute atomic E-state index is 12.1. The van der Waals surface area contributed by atoms with Crippen molar-refractivity contribution in [2.75, 3.05) is 0 Å². The Hall–Kier alpha value is -0.670. The third-order valence-corrected chi connectivity index (χ3v) is 2.40. The van der Waals surface area contributed by atoms with Crippen molar-refractivity contribution in [3.05, 3.63) is 34.3 Å². The fraction of sp³-hybridized carbons (Fsp3) is 0.400.